The highest BCUT2D eigenvalue weighted by molar-refractivity contribution is 5.95. The number of hydrogen-bond donors (Lipinski definition) is 0. The van der Waals surface area contributed by atoms with Crippen LogP contribution in [0.3, 0.4) is 0 Å². The summed E-state index contributed by atoms with van der Waals surface area (Å²) < 4.78 is 0. The van der Waals surface area contributed by atoms with Crippen molar-refractivity contribution in [3.63, 3.8) is 0 Å². The van der Waals surface area contributed by atoms with E-state index in [1.165, 1.54) is 77.0 Å². The fraction of sp³-hybridized carbons (Fsp3) is 0.850. The van der Waals surface area contributed by atoms with Crippen LogP contribution in [-0.4, -0.2) is 5.78 Å². The number of ketones is 1. The average Bonchev–Trinajstić information content (AvgIpc) is 2.45. The zero-order valence-corrected chi connectivity index (χ0v) is 14.3. The summed E-state index contributed by atoms with van der Waals surface area (Å²) in [5.74, 6) is 0.444. The van der Waals surface area contributed by atoms with Crippen LogP contribution in [0.25, 0.3) is 0 Å². The Balaban J connectivity index is 2.00. The van der Waals surface area contributed by atoms with Gasteiger partial charge in [0.1, 0.15) is 0 Å². The molecule has 21 heavy (non-hydrogen) atoms. The van der Waals surface area contributed by atoms with Gasteiger partial charge < -0.3 is 0 Å². The molecular formula is C20H36O. The first-order valence-electron chi connectivity index (χ1n) is 9.57. The molecule has 0 saturated heterocycles. The SMILES string of the molecule is CCCCCCCCCCCC(=O)C1=CCCCCCC1. The van der Waals surface area contributed by atoms with E-state index in [9.17, 15) is 4.79 Å². The van der Waals surface area contributed by atoms with Crippen LogP contribution in [0.15, 0.2) is 11.6 Å². The number of carbonyl (C=O) groups is 1. The van der Waals surface area contributed by atoms with Crippen molar-refractivity contribution in [2.45, 2.75) is 110 Å². The molecule has 0 fully saturated rings. The third-order valence-electron chi connectivity index (χ3n) is 4.66. The van der Waals surface area contributed by atoms with Crippen LogP contribution < -0.4 is 0 Å². The molecule has 1 aliphatic rings. The van der Waals surface area contributed by atoms with Crippen LogP contribution in [0.4, 0.5) is 0 Å². The third-order valence-corrected chi connectivity index (χ3v) is 4.66. The van der Waals surface area contributed by atoms with Gasteiger partial charge in [-0.2, -0.15) is 0 Å². The molecule has 0 unspecified atom stereocenters. The Morgan fingerprint density at radius 2 is 1.48 bits per heavy atom. The topological polar surface area (TPSA) is 17.1 Å². The zero-order chi connectivity index (χ0) is 15.2. The molecule has 0 saturated carbocycles. The summed E-state index contributed by atoms with van der Waals surface area (Å²) in [7, 11) is 0. The molecule has 0 aromatic carbocycles. The van der Waals surface area contributed by atoms with Crippen molar-refractivity contribution in [3.05, 3.63) is 11.6 Å². The lowest BCUT2D eigenvalue weighted by Crippen LogP contribution is -2.04. The minimum absolute atomic E-state index is 0.444. The van der Waals surface area contributed by atoms with Crippen molar-refractivity contribution in [2.75, 3.05) is 0 Å². The second kappa shape index (κ2) is 13.1. The maximum atomic E-state index is 12.2. The van der Waals surface area contributed by atoms with Gasteiger partial charge in [0.15, 0.2) is 5.78 Å². The lowest BCUT2D eigenvalue weighted by molar-refractivity contribution is -0.115. The van der Waals surface area contributed by atoms with Crippen molar-refractivity contribution < 1.29 is 4.79 Å². The van der Waals surface area contributed by atoms with Crippen molar-refractivity contribution in [1.82, 2.24) is 0 Å². The van der Waals surface area contributed by atoms with Gasteiger partial charge in [0.25, 0.3) is 0 Å². The highest BCUT2D eigenvalue weighted by atomic mass is 16.1. The molecule has 0 aromatic rings. The highest BCUT2D eigenvalue weighted by Crippen LogP contribution is 2.20. The van der Waals surface area contributed by atoms with E-state index in [2.05, 4.69) is 13.0 Å². The number of rotatable bonds is 11. The predicted molar refractivity (Wildman–Crippen MR) is 92.6 cm³/mol. The largest absolute Gasteiger partial charge is 0.295 e. The predicted octanol–water partition coefficient (Wildman–Crippen LogP) is 6.76. The third kappa shape index (κ3) is 9.87. The van der Waals surface area contributed by atoms with Crippen molar-refractivity contribution in [3.8, 4) is 0 Å². The Kier molecular flexibility index (Phi) is 11.5. The van der Waals surface area contributed by atoms with Gasteiger partial charge >= 0.3 is 0 Å². The van der Waals surface area contributed by atoms with E-state index in [1.54, 1.807) is 0 Å². The molecule has 0 atom stereocenters. The van der Waals surface area contributed by atoms with Gasteiger partial charge in [-0.3, -0.25) is 4.79 Å². The first kappa shape index (κ1) is 18.5. The quantitative estimate of drug-likeness (QED) is 0.385. The summed E-state index contributed by atoms with van der Waals surface area (Å²) in [5, 5.41) is 0. The van der Waals surface area contributed by atoms with Gasteiger partial charge in [-0.1, -0.05) is 77.2 Å². The second-order valence-electron chi connectivity index (χ2n) is 6.68. The fourth-order valence-corrected chi connectivity index (χ4v) is 3.20. The maximum Gasteiger partial charge on any atom is 0.158 e. The van der Waals surface area contributed by atoms with E-state index >= 15 is 0 Å². The van der Waals surface area contributed by atoms with Gasteiger partial charge in [-0.05, 0) is 37.7 Å². The maximum absolute atomic E-state index is 12.2. The standard InChI is InChI=1S/C20H36O/c1-2-3-4-5-6-7-8-12-15-18-20(21)19-16-13-10-9-11-14-17-19/h16H,2-15,17-18H2,1H3. The number of Topliss-reactive ketones (excluding diaryl/α,β-unsaturated/α-hetero) is 1. The molecule has 122 valence electrons. The van der Waals surface area contributed by atoms with Crippen LogP contribution >= 0.6 is 0 Å². The molecule has 0 aliphatic heterocycles. The lowest BCUT2D eigenvalue weighted by atomic mass is 9.95. The number of carbonyl (C=O) groups excluding carboxylic acids is 1. The normalized spacial score (nSPS) is 16.1. The van der Waals surface area contributed by atoms with Crippen LogP contribution in [0.1, 0.15) is 110 Å². The van der Waals surface area contributed by atoms with Crippen LogP contribution in [-0.2, 0) is 4.79 Å². The smallest absolute Gasteiger partial charge is 0.158 e. The van der Waals surface area contributed by atoms with Crippen molar-refractivity contribution in [2.24, 2.45) is 0 Å². The summed E-state index contributed by atoms with van der Waals surface area (Å²) in [6, 6.07) is 0. The first-order chi connectivity index (χ1) is 10.3. The minimum Gasteiger partial charge on any atom is -0.295 e. The Morgan fingerprint density at radius 1 is 0.857 bits per heavy atom. The summed E-state index contributed by atoms with van der Waals surface area (Å²) in [6.45, 7) is 2.27. The molecule has 0 amide bonds. The minimum atomic E-state index is 0.444. The second-order valence-corrected chi connectivity index (χ2v) is 6.68. The monoisotopic (exact) mass is 292 g/mol. The average molecular weight is 293 g/mol. The van der Waals surface area contributed by atoms with E-state index in [4.69, 9.17) is 0 Å². The number of hydrogen-bond acceptors (Lipinski definition) is 1. The Labute approximate surface area is 132 Å². The van der Waals surface area contributed by atoms with Crippen LogP contribution in [0.2, 0.25) is 0 Å². The molecule has 0 bridgehead atoms. The molecule has 1 heteroatoms. The fourth-order valence-electron chi connectivity index (χ4n) is 3.20. The van der Waals surface area contributed by atoms with E-state index in [0.29, 0.717) is 5.78 Å². The van der Waals surface area contributed by atoms with E-state index in [0.717, 1.165) is 31.3 Å². The number of unbranched alkanes of at least 4 members (excludes halogenated alkanes) is 8. The van der Waals surface area contributed by atoms with E-state index in [-0.39, 0.29) is 0 Å². The lowest BCUT2D eigenvalue weighted by Gasteiger charge is -2.10. The molecule has 0 spiro atoms. The van der Waals surface area contributed by atoms with Gasteiger partial charge in [-0.15, -0.1) is 0 Å². The molecule has 1 aliphatic carbocycles. The molecule has 0 aromatic heterocycles. The molecular weight excluding hydrogens is 256 g/mol. The van der Waals surface area contributed by atoms with Crippen molar-refractivity contribution >= 4 is 5.78 Å². The Hall–Kier alpha value is -0.590. The van der Waals surface area contributed by atoms with Gasteiger partial charge in [0, 0.05) is 6.42 Å². The Morgan fingerprint density at radius 3 is 2.19 bits per heavy atom. The summed E-state index contributed by atoms with van der Waals surface area (Å²) in [6.07, 6.45) is 22.3. The molecule has 0 radical (unpaired) electrons. The molecule has 1 nitrogen and oxygen atoms in total. The summed E-state index contributed by atoms with van der Waals surface area (Å²) >= 11 is 0. The summed E-state index contributed by atoms with van der Waals surface area (Å²) in [4.78, 5) is 12.2. The summed E-state index contributed by atoms with van der Waals surface area (Å²) in [5.41, 5.74) is 1.15. The molecule has 1 rings (SSSR count). The van der Waals surface area contributed by atoms with E-state index < -0.39 is 0 Å². The van der Waals surface area contributed by atoms with Crippen LogP contribution in [0, 0.1) is 0 Å². The van der Waals surface area contributed by atoms with Gasteiger partial charge in [0.2, 0.25) is 0 Å². The van der Waals surface area contributed by atoms with Crippen molar-refractivity contribution in [1.29, 1.82) is 0 Å². The molecule has 0 N–H and O–H groups in total. The van der Waals surface area contributed by atoms with E-state index in [1.807, 2.05) is 0 Å². The molecule has 0 heterocycles. The van der Waals surface area contributed by atoms with Gasteiger partial charge in [0.05, 0.1) is 0 Å². The highest BCUT2D eigenvalue weighted by Gasteiger charge is 2.10. The first-order valence-corrected chi connectivity index (χ1v) is 9.57. The van der Waals surface area contributed by atoms with Crippen LogP contribution in [0.5, 0.6) is 0 Å². The Bertz CT molecular complexity index is 290. The van der Waals surface area contributed by atoms with Gasteiger partial charge in [-0.25, -0.2) is 0 Å². The zero-order valence-electron chi connectivity index (χ0n) is 14.3. The number of allylic oxidation sites excluding steroid dienone is 2.